The number of hydrogen-bond acceptors (Lipinski definition) is 5. The van der Waals surface area contributed by atoms with Crippen LogP contribution in [0.3, 0.4) is 0 Å². The van der Waals surface area contributed by atoms with Gasteiger partial charge in [-0.1, -0.05) is 196 Å². The van der Waals surface area contributed by atoms with Crippen LogP contribution in [0, 0.1) is 0 Å². The predicted molar refractivity (Wildman–Crippen MR) is 251 cm³/mol. The van der Waals surface area contributed by atoms with Gasteiger partial charge >= 0.3 is 6.09 Å². The van der Waals surface area contributed by atoms with Crippen molar-refractivity contribution < 1.29 is 23.8 Å². The van der Waals surface area contributed by atoms with E-state index in [1.807, 2.05) is 54.7 Å². The lowest BCUT2D eigenvalue weighted by molar-refractivity contribution is -0.124. The van der Waals surface area contributed by atoms with Gasteiger partial charge in [-0.25, -0.2) is 4.79 Å². The minimum absolute atomic E-state index is 0.0761. The molecule has 334 valence electrons. The molecule has 1 aliphatic carbocycles. The summed E-state index contributed by atoms with van der Waals surface area (Å²) in [5.74, 6) is -0.353. The van der Waals surface area contributed by atoms with E-state index < -0.39 is 12.1 Å². The Morgan fingerprint density at radius 1 is 0.639 bits per heavy atom. The number of fused-ring (bicyclic) bond motifs is 4. The van der Waals surface area contributed by atoms with Gasteiger partial charge in [0.15, 0.2) is 0 Å². The smallest absolute Gasteiger partial charge is 0.407 e. The molecule has 8 nitrogen and oxygen atoms in total. The van der Waals surface area contributed by atoms with Crippen molar-refractivity contribution in [3.63, 3.8) is 0 Å². The maximum atomic E-state index is 14.1. The summed E-state index contributed by atoms with van der Waals surface area (Å²) >= 11 is 0. The molecule has 1 aromatic heterocycles. The van der Waals surface area contributed by atoms with Crippen LogP contribution < -0.4 is 10.6 Å². The number of aromatic nitrogens is 1. The Morgan fingerprint density at radius 3 is 1.77 bits per heavy atom. The van der Waals surface area contributed by atoms with Crippen LogP contribution in [0.25, 0.3) is 22.0 Å². The van der Waals surface area contributed by atoms with Gasteiger partial charge in [-0.3, -0.25) is 4.79 Å². The Morgan fingerprint density at radius 2 is 1.16 bits per heavy atom. The number of rotatable bonds is 33. The number of nitrogens with one attached hydrogen (secondary N) is 3. The van der Waals surface area contributed by atoms with E-state index in [0.29, 0.717) is 32.8 Å². The molecular formula is C53H77N3O5. The van der Waals surface area contributed by atoms with Gasteiger partial charge < -0.3 is 29.8 Å². The molecule has 3 aromatic carbocycles. The number of H-pyrrole nitrogens is 1. The van der Waals surface area contributed by atoms with E-state index in [1.165, 1.54) is 120 Å². The number of ether oxygens (including phenoxy) is 3. The highest BCUT2D eigenvalue weighted by Gasteiger charge is 2.30. The Bertz CT molecular complexity index is 1780. The van der Waals surface area contributed by atoms with Crippen molar-refractivity contribution in [2.45, 2.75) is 167 Å². The van der Waals surface area contributed by atoms with E-state index in [4.69, 9.17) is 14.2 Å². The predicted octanol–water partition coefficient (Wildman–Crippen LogP) is 13.0. The quantitative estimate of drug-likeness (QED) is 0.0415. The summed E-state index contributed by atoms with van der Waals surface area (Å²) in [4.78, 5) is 31.0. The van der Waals surface area contributed by atoms with Crippen molar-refractivity contribution >= 4 is 22.9 Å². The molecule has 0 saturated carbocycles. The second kappa shape index (κ2) is 28.5. The molecule has 1 heterocycles. The number of para-hydroxylation sites is 1. The number of amides is 2. The van der Waals surface area contributed by atoms with Crippen LogP contribution >= 0.6 is 0 Å². The first-order valence-electron chi connectivity index (χ1n) is 24.2. The normalized spacial score (nSPS) is 13.2. The van der Waals surface area contributed by atoms with Crippen molar-refractivity contribution in [3.05, 3.63) is 95.7 Å². The number of benzene rings is 3. The minimum Gasteiger partial charge on any atom is -0.449 e. The van der Waals surface area contributed by atoms with E-state index in [1.54, 1.807) is 0 Å². The summed E-state index contributed by atoms with van der Waals surface area (Å²) in [6.45, 7) is 6.75. The molecule has 0 aliphatic heterocycles. The third kappa shape index (κ3) is 16.6. The molecule has 0 spiro atoms. The van der Waals surface area contributed by atoms with Gasteiger partial charge in [0.25, 0.3) is 0 Å². The Balaban J connectivity index is 1.13. The number of carbonyl (C=O) groups is 2. The number of alkyl carbamates (subject to hydrolysis) is 1. The first-order chi connectivity index (χ1) is 30.1. The van der Waals surface area contributed by atoms with Gasteiger partial charge in [-0.05, 0) is 46.7 Å². The van der Waals surface area contributed by atoms with Crippen molar-refractivity contribution in [1.82, 2.24) is 15.6 Å². The fourth-order valence-corrected chi connectivity index (χ4v) is 8.76. The molecule has 1 unspecified atom stereocenters. The van der Waals surface area contributed by atoms with E-state index in [9.17, 15) is 9.59 Å². The number of carbonyl (C=O) groups excluding carboxylic acids is 2. The average molecular weight is 836 g/mol. The number of aromatic amines is 1. The maximum Gasteiger partial charge on any atom is 0.407 e. The highest BCUT2D eigenvalue weighted by Crippen LogP contribution is 2.44. The van der Waals surface area contributed by atoms with Crippen LogP contribution in [-0.4, -0.2) is 62.1 Å². The molecule has 2 atom stereocenters. The van der Waals surface area contributed by atoms with Crippen molar-refractivity contribution in [2.24, 2.45) is 0 Å². The van der Waals surface area contributed by atoms with Gasteiger partial charge in [0.1, 0.15) is 12.6 Å². The summed E-state index contributed by atoms with van der Waals surface area (Å²) in [5, 5.41) is 7.09. The maximum absolute atomic E-state index is 14.1. The molecule has 61 heavy (non-hydrogen) atoms. The first-order valence-corrected chi connectivity index (χ1v) is 24.2. The van der Waals surface area contributed by atoms with E-state index >= 15 is 0 Å². The topological polar surface area (TPSA) is 102 Å². The minimum atomic E-state index is -0.856. The van der Waals surface area contributed by atoms with Gasteiger partial charge in [-0.2, -0.15) is 0 Å². The highest BCUT2D eigenvalue weighted by atomic mass is 16.5. The van der Waals surface area contributed by atoms with Gasteiger partial charge in [-0.15, -0.1) is 0 Å². The van der Waals surface area contributed by atoms with E-state index in [-0.39, 0.29) is 24.5 Å². The molecule has 0 radical (unpaired) electrons. The molecule has 1 aliphatic rings. The highest BCUT2D eigenvalue weighted by molar-refractivity contribution is 5.88. The van der Waals surface area contributed by atoms with Crippen molar-refractivity contribution in [2.75, 3.05) is 33.0 Å². The molecule has 3 N–H and O–H groups in total. The lowest BCUT2D eigenvalue weighted by Crippen LogP contribution is -2.50. The van der Waals surface area contributed by atoms with Crippen LogP contribution in [0.4, 0.5) is 4.79 Å². The first kappa shape index (κ1) is 47.9. The standard InChI is InChI=1S/C53H77N3O5/c1-3-5-7-9-11-13-15-17-19-27-35-59-40-43(60-36-28-20-18-16-14-12-10-8-6-4-2)39-55-52(57)51(37-42-38-54-50-34-26-25-29-44(42)50)56-53(58)61-41-49-47-32-23-21-30-45(47)46-31-22-24-33-48(46)49/h21-26,29-34,38,43,49,51,54H,3-20,27-28,35-37,39-41H2,1-2H3,(H,55,57)(H,56,58)/t43?,51-/m0/s1. The largest absolute Gasteiger partial charge is 0.449 e. The molecule has 5 rings (SSSR count). The third-order valence-corrected chi connectivity index (χ3v) is 12.4. The molecule has 8 heteroatoms. The second-order valence-corrected chi connectivity index (χ2v) is 17.3. The molecular weight excluding hydrogens is 759 g/mol. The van der Waals surface area contributed by atoms with Crippen LogP contribution in [-0.2, 0) is 25.4 Å². The zero-order valence-electron chi connectivity index (χ0n) is 37.7. The van der Waals surface area contributed by atoms with Crippen LogP contribution in [0.15, 0.2) is 79.0 Å². The Kier molecular flexibility index (Phi) is 22.3. The molecule has 0 bridgehead atoms. The Labute approximate surface area is 367 Å². The summed E-state index contributed by atoms with van der Waals surface area (Å²) in [5.41, 5.74) is 6.55. The molecule has 0 saturated heterocycles. The number of hydrogen-bond donors (Lipinski definition) is 3. The zero-order valence-corrected chi connectivity index (χ0v) is 37.7. The summed E-state index contributed by atoms with van der Waals surface area (Å²) in [6, 6.07) is 23.7. The lowest BCUT2D eigenvalue weighted by Gasteiger charge is -2.22. The van der Waals surface area contributed by atoms with E-state index in [2.05, 4.69) is 53.7 Å². The third-order valence-electron chi connectivity index (χ3n) is 12.4. The Hall–Kier alpha value is -4.14. The SMILES string of the molecule is CCCCCCCCCCCCOCC(CNC(=O)[C@H](Cc1c[nH]c2ccccc12)NC(=O)OCC1c2ccccc2-c2ccccc21)OCCCCCCCCCCCC. The van der Waals surface area contributed by atoms with Gasteiger partial charge in [0, 0.05) is 49.2 Å². The average Bonchev–Trinajstić information content (AvgIpc) is 3.84. The molecule has 2 amide bonds. The monoisotopic (exact) mass is 836 g/mol. The zero-order chi connectivity index (χ0) is 42.7. The van der Waals surface area contributed by atoms with Crippen molar-refractivity contribution in [1.29, 1.82) is 0 Å². The van der Waals surface area contributed by atoms with Crippen molar-refractivity contribution in [3.8, 4) is 11.1 Å². The second-order valence-electron chi connectivity index (χ2n) is 17.3. The summed E-state index contributed by atoms with van der Waals surface area (Å²) in [6.07, 6.45) is 26.8. The van der Waals surface area contributed by atoms with Crippen LogP contribution in [0.2, 0.25) is 0 Å². The van der Waals surface area contributed by atoms with Gasteiger partial charge in [0.05, 0.1) is 12.7 Å². The molecule has 4 aromatic rings. The van der Waals surface area contributed by atoms with E-state index in [0.717, 1.165) is 46.9 Å². The molecule has 0 fully saturated rings. The summed E-state index contributed by atoms with van der Waals surface area (Å²) < 4.78 is 18.5. The fourth-order valence-electron chi connectivity index (χ4n) is 8.76. The van der Waals surface area contributed by atoms with Gasteiger partial charge in [0.2, 0.25) is 5.91 Å². The lowest BCUT2D eigenvalue weighted by atomic mass is 9.98. The number of unbranched alkanes of at least 4 members (excludes halogenated alkanes) is 18. The summed E-state index contributed by atoms with van der Waals surface area (Å²) in [7, 11) is 0. The van der Waals surface area contributed by atoms with Crippen LogP contribution in [0.5, 0.6) is 0 Å². The fraction of sp³-hybridized carbons (Fsp3) is 0.585. The van der Waals surface area contributed by atoms with Crippen LogP contribution in [0.1, 0.15) is 165 Å².